The molecule has 3 rings (SSSR count). The van der Waals surface area contributed by atoms with Gasteiger partial charge in [-0.2, -0.15) is 0 Å². The molecule has 0 radical (unpaired) electrons. The zero-order valence-electron chi connectivity index (χ0n) is 14.1. The highest BCUT2D eigenvalue weighted by Gasteiger charge is 2.27. The zero-order valence-corrected chi connectivity index (χ0v) is 17.3. The van der Waals surface area contributed by atoms with Gasteiger partial charge in [-0.1, -0.05) is 35.3 Å². The highest BCUT2D eigenvalue weighted by Crippen LogP contribution is 2.38. The Hall–Kier alpha value is -1.28. The fraction of sp³-hybridized carbons (Fsp3) is 0.167. The number of hydrogen-bond acceptors (Lipinski definition) is 3. The molecule has 0 atom stereocenters. The maximum atomic E-state index is 13.7. The fourth-order valence-corrected chi connectivity index (χ4v) is 4.24. The minimum absolute atomic E-state index is 0.0173. The normalized spacial score (nSPS) is 11.4. The van der Waals surface area contributed by atoms with E-state index in [4.69, 9.17) is 23.2 Å². The molecule has 2 nitrogen and oxygen atoms in total. The Morgan fingerprint density at radius 2 is 1.52 bits per heavy atom. The second-order valence-electron chi connectivity index (χ2n) is 5.71. The van der Waals surface area contributed by atoms with E-state index in [2.05, 4.69) is 4.98 Å². The summed E-state index contributed by atoms with van der Waals surface area (Å²) in [6, 6.07) is 8.45. The van der Waals surface area contributed by atoms with Crippen LogP contribution < -0.4 is 0 Å². The summed E-state index contributed by atoms with van der Waals surface area (Å²) in [4.78, 5) is 4.55. The fourth-order valence-electron chi connectivity index (χ4n) is 2.83. The summed E-state index contributed by atoms with van der Waals surface area (Å²) in [7, 11) is 0. The van der Waals surface area contributed by atoms with Crippen LogP contribution in [0.5, 0.6) is 0 Å². The number of hydrogen-bond donors (Lipinski definition) is 0. The van der Waals surface area contributed by atoms with E-state index < -0.39 is 17.6 Å². The first kappa shape index (κ1) is 20.5. The number of halogens is 5. The van der Waals surface area contributed by atoms with Gasteiger partial charge >= 0.3 is 0 Å². The maximum absolute atomic E-state index is 13.7. The molecule has 0 spiro atoms. The lowest BCUT2D eigenvalue weighted by atomic mass is 9.90. The van der Waals surface area contributed by atoms with Gasteiger partial charge in [-0.3, -0.25) is 0 Å². The van der Waals surface area contributed by atoms with Gasteiger partial charge in [-0.25, -0.2) is 17.7 Å². The molecule has 1 heterocycles. The van der Waals surface area contributed by atoms with Crippen LogP contribution >= 0.6 is 47.3 Å². The Bertz CT molecular complexity index is 943. The molecular weight excluding hydrogens is 436 g/mol. The third kappa shape index (κ3) is 3.97. The van der Waals surface area contributed by atoms with E-state index in [9.17, 15) is 12.7 Å². The molecule has 0 N–H and O–H groups in total. The number of nitrogens with zero attached hydrogens (tertiary/aromatic N) is 2. The predicted molar refractivity (Wildman–Crippen MR) is 107 cm³/mol. The number of rotatable bonds is 5. The summed E-state index contributed by atoms with van der Waals surface area (Å²) in [6.07, 6.45) is 1.84. The van der Waals surface area contributed by atoms with Crippen LogP contribution in [-0.4, -0.2) is 15.2 Å². The molecule has 3 aromatic rings. The van der Waals surface area contributed by atoms with Crippen molar-refractivity contribution in [2.24, 2.45) is 0 Å². The quantitative estimate of drug-likeness (QED) is 0.389. The molecule has 0 aliphatic carbocycles. The summed E-state index contributed by atoms with van der Waals surface area (Å²) in [5, 5.41) is 0.513. The largest absolute Gasteiger partial charge is 0.245 e. The van der Waals surface area contributed by atoms with E-state index in [-0.39, 0.29) is 22.4 Å². The minimum Gasteiger partial charge on any atom is -0.245 e. The lowest BCUT2D eigenvalue weighted by molar-refractivity contribution is 0.626. The summed E-state index contributed by atoms with van der Waals surface area (Å²) in [6.45, 7) is 1.75. The first-order valence-electron chi connectivity index (χ1n) is 7.69. The molecule has 0 aliphatic rings. The molecule has 0 saturated heterocycles. The summed E-state index contributed by atoms with van der Waals surface area (Å²) < 4.78 is 42.4. The van der Waals surface area contributed by atoms with Crippen molar-refractivity contribution in [2.45, 2.75) is 17.9 Å². The van der Waals surface area contributed by atoms with Crippen LogP contribution in [0.15, 0.2) is 41.4 Å². The Morgan fingerprint density at radius 1 is 1.00 bits per heavy atom. The van der Waals surface area contributed by atoms with Crippen molar-refractivity contribution in [1.82, 2.24) is 8.96 Å². The van der Waals surface area contributed by atoms with E-state index in [1.807, 2.05) is 6.26 Å². The minimum atomic E-state index is -0.621. The first-order chi connectivity index (χ1) is 12.9. The van der Waals surface area contributed by atoms with Gasteiger partial charge in [0.1, 0.15) is 22.5 Å². The average Bonchev–Trinajstić information content (AvgIpc) is 2.96. The smallest absolute Gasteiger partial charge is 0.171 e. The van der Waals surface area contributed by atoms with Crippen LogP contribution in [0.1, 0.15) is 28.6 Å². The van der Waals surface area contributed by atoms with Gasteiger partial charge in [0.25, 0.3) is 0 Å². The van der Waals surface area contributed by atoms with Crippen molar-refractivity contribution in [3.05, 3.63) is 80.7 Å². The molecule has 142 valence electrons. The molecule has 9 heteroatoms. The van der Waals surface area contributed by atoms with Gasteiger partial charge in [0.05, 0.1) is 21.7 Å². The van der Waals surface area contributed by atoms with Gasteiger partial charge in [0.15, 0.2) is 12.3 Å². The zero-order chi connectivity index (χ0) is 19.7. The van der Waals surface area contributed by atoms with Crippen LogP contribution in [0.3, 0.4) is 0 Å². The molecule has 0 fully saturated rings. The Morgan fingerprint density at radius 3 is 1.93 bits per heavy atom. The number of aromatic nitrogens is 2. The topological polar surface area (TPSA) is 17.8 Å². The van der Waals surface area contributed by atoms with E-state index in [0.29, 0.717) is 27.7 Å². The average molecular weight is 449 g/mol. The first-order valence-corrected chi connectivity index (χ1v) is 10.3. The van der Waals surface area contributed by atoms with E-state index in [1.54, 1.807) is 19.1 Å². The van der Waals surface area contributed by atoms with Crippen LogP contribution in [0.4, 0.5) is 12.7 Å². The summed E-state index contributed by atoms with van der Waals surface area (Å²) in [5.41, 5.74) is 1.80. The lowest BCUT2D eigenvalue weighted by Crippen LogP contribution is -2.10. The van der Waals surface area contributed by atoms with E-state index >= 15 is 0 Å². The standard InChI is InChI=1S/C18H13Cl2F3N2S2/c1-9-18(26-2)24-17(25(9)27-23)16(10-3-5-14(21)12(19)7-10)11-4-6-15(22)13(20)8-11/h3-8,16H,1-2H3. The van der Waals surface area contributed by atoms with Crippen LogP contribution in [0.25, 0.3) is 0 Å². The molecule has 1 aromatic heterocycles. The third-order valence-electron chi connectivity index (χ3n) is 4.11. The van der Waals surface area contributed by atoms with Crippen molar-refractivity contribution in [2.75, 3.05) is 6.26 Å². The molecule has 2 aromatic carbocycles. The Balaban J connectivity index is 2.27. The molecular formula is C18H13Cl2F3N2S2. The van der Waals surface area contributed by atoms with Gasteiger partial charge in [-0.05, 0) is 48.6 Å². The molecule has 0 amide bonds. The van der Waals surface area contributed by atoms with Crippen molar-refractivity contribution in [1.29, 1.82) is 0 Å². The second-order valence-corrected chi connectivity index (χ2v) is 7.82. The van der Waals surface area contributed by atoms with Crippen molar-refractivity contribution in [3.8, 4) is 0 Å². The monoisotopic (exact) mass is 448 g/mol. The highest BCUT2D eigenvalue weighted by atomic mass is 35.5. The molecule has 0 aliphatic heterocycles. The lowest BCUT2D eigenvalue weighted by Gasteiger charge is -2.19. The molecule has 0 unspecified atom stereocenters. The summed E-state index contributed by atoms with van der Waals surface area (Å²) in [5.74, 6) is -1.39. The summed E-state index contributed by atoms with van der Waals surface area (Å²) >= 11 is 13.3. The molecule has 0 bridgehead atoms. The van der Waals surface area contributed by atoms with Gasteiger partial charge in [0, 0.05) is 0 Å². The van der Waals surface area contributed by atoms with Crippen molar-refractivity contribution < 1.29 is 12.7 Å². The van der Waals surface area contributed by atoms with Gasteiger partial charge in [-0.15, -0.1) is 15.6 Å². The van der Waals surface area contributed by atoms with Crippen LogP contribution in [0.2, 0.25) is 10.0 Å². The Labute approximate surface area is 173 Å². The number of imidazole rings is 1. The van der Waals surface area contributed by atoms with Gasteiger partial charge in [0.2, 0.25) is 0 Å². The number of benzene rings is 2. The van der Waals surface area contributed by atoms with E-state index in [0.717, 1.165) is 0 Å². The third-order valence-corrected chi connectivity index (χ3v) is 6.06. The molecule has 27 heavy (non-hydrogen) atoms. The maximum Gasteiger partial charge on any atom is 0.171 e. The molecule has 0 saturated carbocycles. The second kappa shape index (κ2) is 8.39. The Kier molecular flexibility index (Phi) is 6.35. The van der Waals surface area contributed by atoms with Crippen LogP contribution in [-0.2, 0) is 0 Å². The van der Waals surface area contributed by atoms with Gasteiger partial charge < -0.3 is 0 Å². The SMILES string of the molecule is CSc1nc(C(c2ccc(F)c(Cl)c2)c2ccc(F)c(Cl)c2)n(SF)c1C. The number of thioether (sulfide) groups is 1. The van der Waals surface area contributed by atoms with Crippen LogP contribution in [0, 0.1) is 18.6 Å². The van der Waals surface area contributed by atoms with E-state index in [1.165, 1.54) is 40.0 Å². The predicted octanol–water partition coefficient (Wildman–Crippen LogP) is 7.06. The highest BCUT2D eigenvalue weighted by molar-refractivity contribution is 7.98. The van der Waals surface area contributed by atoms with Crippen molar-refractivity contribution in [3.63, 3.8) is 0 Å². The van der Waals surface area contributed by atoms with Crippen molar-refractivity contribution >= 4 is 47.3 Å².